The van der Waals surface area contributed by atoms with Crippen molar-refractivity contribution in [1.82, 2.24) is 19.4 Å². The van der Waals surface area contributed by atoms with Crippen molar-refractivity contribution in [3.63, 3.8) is 0 Å². The second-order valence-corrected chi connectivity index (χ2v) is 4.83. The van der Waals surface area contributed by atoms with Crippen LogP contribution in [-0.4, -0.2) is 19.4 Å². The van der Waals surface area contributed by atoms with Crippen LogP contribution >= 0.6 is 0 Å². The number of fused-ring (bicyclic) bond motifs is 1. The van der Waals surface area contributed by atoms with Crippen molar-refractivity contribution in [3.8, 4) is 0 Å². The van der Waals surface area contributed by atoms with Gasteiger partial charge in [-0.2, -0.15) is 0 Å². The quantitative estimate of drug-likeness (QED) is 0.704. The van der Waals surface area contributed by atoms with Gasteiger partial charge in [0, 0.05) is 11.1 Å². The van der Waals surface area contributed by atoms with Crippen LogP contribution in [0.2, 0.25) is 0 Å². The van der Waals surface area contributed by atoms with Crippen LogP contribution in [0.5, 0.6) is 0 Å². The summed E-state index contributed by atoms with van der Waals surface area (Å²) >= 11 is 0. The van der Waals surface area contributed by atoms with Crippen LogP contribution in [-0.2, 0) is 5.54 Å². The van der Waals surface area contributed by atoms with Gasteiger partial charge in [0.05, 0.1) is 0 Å². The zero-order chi connectivity index (χ0) is 12.1. The average Bonchev–Trinajstić information content (AvgIpc) is 2.41. The summed E-state index contributed by atoms with van der Waals surface area (Å²) in [6.07, 6.45) is 1.49. The van der Waals surface area contributed by atoms with Crippen molar-refractivity contribution in [2.24, 2.45) is 0 Å². The summed E-state index contributed by atoms with van der Waals surface area (Å²) in [5, 5.41) is 8.05. The van der Waals surface area contributed by atoms with E-state index < -0.39 is 0 Å². The fourth-order valence-corrected chi connectivity index (χ4v) is 1.57. The van der Waals surface area contributed by atoms with Gasteiger partial charge in [0.25, 0.3) is 5.56 Å². The highest BCUT2D eigenvalue weighted by Crippen LogP contribution is 2.14. The minimum atomic E-state index is -0.308. The van der Waals surface area contributed by atoms with Crippen molar-refractivity contribution in [2.75, 3.05) is 5.73 Å². The summed E-state index contributed by atoms with van der Waals surface area (Å²) in [5.41, 5.74) is 6.35. The third-order valence-electron chi connectivity index (χ3n) is 2.56. The van der Waals surface area contributed by atoms with Crippen LogP contribution in [0, 0.1) is 6.92 Å². The van der Waals surface area contributed by atoms with E-state index in [1.165, 1.54) is 11.0 Å². The van der Waals surface area contributed by atoms with Crippen molar-refractivity contribution >= 4 is 11.3 Å². The summed E-state index contributed by atoms with van der Waals surface area (Å²) in [4.78, 5) is 12.2. The number of rotatable bonds is 0. The predicted molar refractivity (Wildman–Crippen MR) is 61.4 cm³/mol. The fraction of sp³-hybridized carbons (Fsp3) is 0.500. The first-order valence-corrected chi connectivity index (χ1v) is 5.05. The summed E-state index contributed by atoms with van der Waals surface area (Å²) in [5.74, 6) is 0.344. The van der Waals surface area contributed by atoms with Gasteiger partial charge in [-0.1, -0.05) is 0 Å². The van der Waals surface area contributed by atoms with Crippen molar-refractivity contribution in [2.45, 2.75) is 33.2 Å². The van der Waals surface area contributed by atoms with E-state index in [4.69, 9.17) is 5.73 Å². The van der Waals surface area contributed by atoms with E-state index in [1.807, 2.05) is 20.8 Å². The minimum absolute atomic E-state index is 0.121. The Labute approximate surface area is 92.7 Å². The number of nitrogens with zero attached hydrogens (tertiary/aromatic N) is 4. The molecular formula is C10H15N5O. The molecule has 6 heteroatoms. The molecule has 0 saturated carbocycles. The number of hydrogen-bond acceptors (Lipinski definition) is 4. The SMILES string of the molecule is Cc1c(N)nn2ncn(C(C)(C)C)c(=O)c12. The molecule has 2 heterocycles. The van der Waals surface area contributed by atoms with Gasteiger partial charge in [-0.3, -0.25) is 9.36 Å². The van der Waals surface area contributed by atoms with Crippen LogP contribution < -0.4 is 11.3 Å². The molecule has 0 atom stereocenters. The van der Waals surface area contributed by atoms with Crippen LogP contribution in [0.4, 0.5) is 5.82 Å². The first kappa shape index (κ1) is 10.7. The molecule has 2 rings (SSSR count). The molecule has 0 spiro atoms. The van der Waals surface area contributed by atoms with E-state index in [-0.39, 0.29) is 11.1 Å². The summed E-state index contributed by atoms with van der Waals surface area (Å²) in [6, 6.07) is 0. The standard InChI is InChI=1S/C10H15N5O/c1-6-7-9(16)14(10(2,3)4)5-12-15(7)13-8(6)11/h5H,1-4H3,(H2,11,13). The molecule has 16 heavy (non-hydrogen) atoms. The second kappa shape index (κ2) is 3.07. The van der Waals surface area contributed by atoms with E-state index in [1.54, 1.807) is 11.5 Å². The van der Waals surface area contributed by atoms with Gasteiger partial charge in [0.15, 0.2) is 11.3 Å². The molecule has 2 aromatic heterocycles. The van der Waals surface area contributed by atoms with Crippen LogP contribution in [0.25, 0.3) is 5.52 Å². The molecule has 2 aromatic rings. The fourth-order valence-electron chi connectivity index (χ4n) is 1.57. The molecule has 0 aromatic carbocycles. The maximum Gasteiger partial charge on any atom is 0.280 e. The highest BCUT2D eigenvalue weighted by Gasteiger charge is 2.19. The molecule has 0 aliphatic rings. The topological polar surface area (TPSA) is 78.2 Å². The van der Waals surface area contributed by atoms with Crippen LogP contribution in [0.15, 0.2) is 11.1 Å². The largest absolute Gasteiger partial charge is 0.382 e. The number of hydrogen-bond donors (Lipinski definition) is 1. The molecule has 0 saturated heterocycles. The zero-order valence-electron chi connectivity index (χ0n) is 9.85. The summed E-state index contributed by atoms with van der Waals surface area (Å²) < 4.78 is 2.87. The normalized spacial score (nSPS) is 12.2. The Bertz CT molecular complexity index is 602. The molecule has 6 nitrogen and oxygen atoms in total. The molecule has 86 valence electrons. The average molecular weight is 221 g/mol. The molecule has 0 fully saturated rings. The van der Waals surface area contributed by atoms with Crippen LogP contribution in [0.3, 0.4) is 0 Å². The molecule has 2 N–H and O–H groups in total. The number of nitrogen functional groups attached to an aromatic ring is 1. The van der Waals surface area contributed by atoms with Gasteiger partial charge in [0.1, 0.15) is 6.33 Å². The lowest BCUT2D eigenvalue weighted by Crippen LogP contribution is -2.35. The summed E-state index contributed by atoms with van der Waals surface area (Å²) in [6.45, 7) is 7.61. The molecule has 0 radical (unpaired) electrons. The first-order chi connectivity index (χ1) is 7.32. The Balaban J connectivity index is 2.90. The van der Waals surface area contributed by atoms with Crippen LogP contribution in [0.1, 0.15) is 26.3 Å². The maximum absolute atomic E-state index is 12.2. The van der Waals surface area contributed by atoms with Gasteiger partial charge < -0.3 is 5.73 Å². The third-order valence-corrected chi connectivity index (χ3v) is 2.56. The third kappa shape index (κ3) is 1.37. The van der Waals surface area contributed by atoms with E-state index >= 15 is 0 Å². The van der Waals surface area contributed by atoms with Crippen molar-refractivity contribution < 1.29 is 0 Å². The predicted octanol–water partition coefficient (Wildman–Crippen LogP) is 0.537. The summed E-state index contributed by atoms with van der Waals surface area (Å²) in [7, 11) is 0. The van der Waals surface area contributed by atoms with Gasteiger partial charge in [-0.15, -0.1) is 14.8 Å². The smallest absolute Gasteiger partial charge is 0.280 e. The van der Waals surface area contributed by atoms with Gasteiger partial charge in [0.2, 0.25) is 0 Å². The second-order valence-electron chi connectivity index (χ2n) is 4.83. The molecule has 0 amide bonds. The minimum Gasteiger partial charge on any atom is -0.382 e. The molecular weight excluding hydrogens is 206 g/mol. The van der Waals surface area contributed by atoms with E-state index in [0.717, 1.165) is 0 Å². The number of aryl methyl sites for hydroxylation is 1. The lowest BCUT2D eigenvalue weighted by atomic mass is 10.1. The molecule has 0 bridgehead atoms. The highest BCUT2D eigenvalue weighted by atomic mass is 16.1. The number of aromatic nitrogens is 4. The Kier molecular flexibility index (Phi) is 2.04. The Hall–Kier alpha value is -1.85. The van der Waals surface area contributed by atoms with Gasteiger partial charge in [-0.25, -0.2) is 0 Å². The Morgan fingerprint density at radius 3 is 2.56 bits per heavy atom. The monoisotopic (exact) mass is 221 g/mol. The van der Waals surface area contributed by atoms with Gasteiger partial charge in [-0.05, 0) is 27.7 Å². The van der Waals surface area contributed by atoms with Crippen molar-refractivity contribution in [3.05, 3.63) is 22.2 Å². The van der Waals surface area contributed by atoms with E-state index in [2.05, 4.69) is 10.2 Å². The van der Waals surface area contributed by atoms with Crippen molar-refractivity contribution in [1.29, 1.82) is 0 Å². The van der Waals surface area contributed by atoms with Gasteiger partial charge >= 0.3 is 0 Å². The molecule has 0 aliphatic carbocycles. The molecule has 0 unspecified atom stereocenters. The lowest BCUT2D eigenvalue weighted by molar-refractivity contribution is 0.375. The Morgan fingerprint density at radius 1 is 1.38 bits per heavy atom. The van der Waals surface area contributed by atoms with E-state index in [9.17, 15) is 4.79 Å². The lowest BCUT2D eigenvalue weighted by Gasteiger charge is -2.21. The number of nitrogens with two attached hydrogens (primary N) is 1. The number of anilines is 1. The van der Waals surface area contributed by atoms with E-state index in [0.29, 0.717) is 16.9 Å². The zero-order valence-corrected chi connectivity index (χ0v) is 9.85. The Morgan fingerprint density at radius 2 is 2.00 bits per heavy atom. The molecule has 0 aliphatic heterocycles. The maximum atomic E-state index is 12.2. The first-order valence-electron chi connectivity index (χ1n) is 5.05. The highest BCUT2D eigenvalue weighted by molar-refractivity contribution is 5.60.